The molecule has 0 spiro atoms. The Morgan fingerprint density at radius 1 is 1.10 bits per heavy atom. The molecule has 0 radical (unpaired) electrons. The van der Waals surface area contributed by atoms with Crippen molar-refractivity contribution in [3.8, 4) is 34.4 Å². The van der Waals surface area contributed by atoms with Crippen molar-refractivity contribution in [1.82, 2.24) is 34.6 Å². The van der Waals surface area contributed by atoms with Crippen LogP contribution < -0.4 is 9.47 Å². The molecule has 0 unspecified atom stereocenters. The van der Waals surface area contributed by atoms with Gasteiger partial charge in [-0.25, -0.2) is 29.1 Å². The minimum absolute atomic E-state index is 0.0298. The van der Waals surface area contributed by atoms with Crippen molar-refractivity contribution in [2.75, 3.05) is 52.9 Å². The van der Waals surface area contributed by atoms with Crippen LogP contribution in [0.2, 0.25) is 0 Å². The molecular weight excluding hydrogens is 801 g/mol. The van der Waals surface area contributed by atoms with E-state index in [-0.39, 0.29) is 24.7 Å². The standard InChI is InChI=1S/C46H47ClFN7O4S/c1-4-6-10-41-49-18-17-36(52-41)29-58-39-16-11-31-25-34(39)26-40(46(56)57)59-44-42-37(43(60-45(42)51-30-50-44)32-12-14-35(48)15-13-32)9-7-8-33(38(47)5-2)28-55(27-31)24-23-54-21-19-53(3)20-22-54/h2,4,7-8,11-18,25,30,40H,1,6,9-10,19-24,26-29H2,3H3,(H,56,57)/b8-7-,38-33-/t40-/m1/s1. The van der Waals surface area contributed by atoms with E-state index in [0.717, 1.165) is 72.8 Å². The summed E-state index contributed by atoms with van der Waals surface area (Å²) in [6.45, 7) is 10.5. The van der Waals surface area contributed by atoms with Crippen molar-refractivity contribution in [3.05, 3.63) is 130 Å². The van der Waals surface area contributed by atoms with E-state index in [2.05, 4.69) is 54.2 Å². The van der Waals surface area contributed by atoms with Crippen LogP contribution in [0.15, 0.2) is 96.5 Å². The fourth-order valence-corrected chi connectivity index (χ4v) is 8.62. The summed E-state index contributed by atoms with van der Waals surface area (Å²) in [4.78, 5) is 39.7. The molecule has 7 rings (SSSR count). The number of allylic oxidation sites excluding steroid dienone is 3. The monoisotopic (exact) mass is 847 g/mol. The van der Waals surface area contributed by atoms with E-state index in [1.54, 1.807) is 24.4 Å². The lowest BCUT2D eigenvalue weighted by atomic mass is 10.0. The van der Waals surface area contributed by atoms with Crippen LogP contribution in [-0.2, 0) is 37.2 Å². The number of aromatic nitrogens is 4. The molecule has 2 aliphatic rings. The van der Waals surface area contributed by atoms with Gasteiger partial charge in [-0.2, -0.15) is 0 Å². The Morgan fingerprint density at radius 3 is 2.67 bits per heavy atom. The molecule has 11 nitrogen and oxygen atoms in total. The van der Waals surface area contributed by atoms with Crippen LogP contribution in [0.3, 0.4) is 0 Å². The fraction of sp³-hybridized carbons (Fsp3) is 0.326. The van der Waals surface area contributed by atoms with Crippen LogP contribution >= 0.6 is 22.9 Å². The summed E-state index contributed by atoms with van der Waals surface area (Å²) >= 11 is 8.20. The predicted octanol–water partition coefficient (Wildman–Crippen LogP) is 7.35. The Kier molecular flexibility index (Phi) is 14.3. The minimum atomic E-state index is -1.34. The summed E-state index contributed by atoms with van der Waals surface area (Å²) in [7, 11) is 2.14. The molecule has 2 aliphatic heterocycles. The number of fused-ring (bicyclic) bond motifs is 2. The number of carboxylic acids is 1. The van der Waals surface area contributed by atoms with Gasteiger partial charge in [0.1, 0.15) is 35.2 Å². The summed E-state index contributed by atoms with van der Waals surface area (Å²) in [5, 5.41) is 11.6. The number of terminal acetylenes is 1. The SMILES string of the molecule is C#C/C(Cl)=C1\C=C/Cc2c(-c3ccc(F)cc3)sc3ncnc(c23)O[C@@H](C(=O)O)Cc2cc(ccc2OCc2ccnc(CCC=C)n2)CN(CCN2CCN(C)CC2)C1. The fourth-order valence-electron chi connectivity index (χ4n) is 7.32. The molecule has 3 aromatic heterocycles. The van der Waals surface area contributed by atoms with Gasteiger partial charge in [0, 0.05) is 76.3 Å². The van der Waals surface area contributed by atoms with Gasteiger partial charge in [0.05, 0.1) is 16.1 Å². The number of hydrogen-bond donors (Lipinski definition) is 1. The largest absolute Gasteiger partial charge is 0.487 e. The molecule has 5 heterocycles. The van der Waals surface area contributed by atoms with Gasteiger partial charge in [-0.15, -0.1) is 24.3 Å². The average molecular weight is 848 g/mol. The maximum absolute atomic E-state index is 14.1. The van der Waals surface area contributed by atoms with E-state index in [1.165, 1.54) is 29.8 Å². The number of benzene rings is 2. The quantitative estimate of drug-likeness (QED) is 0.106. The highest BCUT2D eigenvalue weighted by atomic mass is 35.5. The number of thiophene rings is 1. The number of nitrogens with zero attached hydrogens (tertiary/aromatic N) is 7. The molecule has 1 fully saturated rings. The predicted molar refractivity (Wildman–Crippen MR) is 234 cm³/mol. The molecule has 1 N–H and O–H groups in total. The van der Waals surface area contributed by atoms with Crippen molar-refractivity contribution < 1.29 is 23.8 Å². The Bertz CT molecular complexity index is 2420. The molecular formula is C46H47ClFN7O4S. The second-order valence-corrected chi connectivity index (χ2v) is 16.3. The van der Waals surface area contributed by atoms with Gasteiger partial charge < -0.3 is 19.5 Å². The lowest BCUT2D eigenvalue weighted by Crippen LogP contribution is -2.47. The smallest absolute Gasteiger partial charge is 0.345 e. The van der Waals surface area contributed by atoms with Crippen molar-refractivity contribution in [2.24, 2.45) is 0 Å². The van der Waals surface area contributed by atoms with Gasteiger partial charge >= 0.3 is 5.97 Å². The highest BCUT2D eigenvalue weighted by Crippen LogP contribution is 2.42. The number of carbonyl (C=O) groups is 1. The van der Waals surface area contributed by atoms with E-state index < -0.39 is 12.1 Å². The van der Waals surface area contributed by atoms with Crippen LogP contribution in [-0.4, -0.2) is 105 Å². The zero-order valence-corrected chi connectivity index (χ0v) is 35.1. The van der Waals surface area contributed by atoms with Crippen molar-refractivity contribution in [3.63, 3.8) is 0 Å². The molecule has 0 aliphatic carbocycles. The summed E-state index contributed by atoms with van der Waals surface area (Å²) in [5.74, 6) is 2.46. The van der Waals surface area contributed by atoms with Gasteiger partial charge in [-0.3, -0.25) is 9.80 Å². The third-order valence-corrected chi connectivity index (χ3v) is 12.1. The normalized spacial score (nSPS) is 18.3. The molecule has 14 heteroatoms. The first-order valence-electron chi connectivity index (χ1n) is 19.9. The number of aryl methyl sites for hydroxylation is 1. The third-order valence-electron chi connectivity index (χ3n) is 10.6. The first-order valence-corrected chi connectivity index (χ1v) is 21.1. The topological polar surface area (TPSA) is 117 Å². The van der Waals surface area contributed by atoms with Crippen molar-refractivity contribution >= 4 is 39.1 Å². The van der Waals surface area contributed by atoms with E-state index in [1.807, 2.05) is 36.4 Å². The highest BCUT2D eigenvalue weighted by Gasteiger charge is 2.27. The summed E-state index contributed by atoms with van der Waals surface area (Å²) in [6, 6.07) is 13.9. The van der Waals surface area contributed by atoms with E-state index >= 15 is 0 Å². The van der Waals surface area contributed by atoms with E-state index in [9.17, 15) is 14.3 Å². The Labute approximate surface area is 358 Å². The van der Waals surface area contributed by atoms with Crippen LogP contribution in [0.4, 0.5) is 4.39 Å². The number of piperazine rings is 1. The molecule has 5 aromatic rings. The van der Waals surface area contributed by atoms with E-state index in [4.69, 9.17) is 27.5 Å². The third kappa shape index (κ3) is 10.8. The number of aliphatic carboxylic acids is 1. The lowest BCUT2D eigenvalue weighted by Gasteiger charge is -2.34. The van der Waals surface area contributed by atoms with Gasteiger partial charge in [0.2, 0.25) is 12.0 Å². The van der Waals surface area contributed by atoms with Crippen LogP contribution in [0.5, 0.6) is 11.6 Å². The molecule has 2 aromatic carbocycles. The molecule has 1 saturated heterocycles. The molecule has 2 bridgehead atoms. The molecule has 0 amide bonds. The second-order valence-electron chi connectivity index (χ2n) is 14.9. The maximum Gasteiger partial charge on any atom is 0.345 e. The zero-order valence-electron chi connectivity index (χ0n) is 33.5. The highest BCUT2D eigenvalue weighted by molar-refractivity contribution is 7.22. The van der Waals surface area contributed by atoms with Crippen molar-refractivity contribution in [2.45, 2.75) is 44.9 Å². The molecule has 310 valence electrons. The number of likely N-dealkylation sites (N-methyl/N-ethyl adjacent to an activating group) is 1. The number of ether oxygens (including phenoxy) is 2. The molecule has 60 heavy (non-hydrogen) atoms. The number of halogens is 2. The van der Waals surface area contributed by atoms with Gasteiger partial charge in [-0.05, 0) is 72.0 Å². The average Bonchev–Trinajstić information content (AvgIpc) is 3.63. The maximum atomic E-state index is 14.1. The van der Waals surface area contributed by atoms with Gasteiger partial charge in [0.15, 0.2) is 0 Å². The first kappa shape index (κ1) is 42.6. The van der Waals surface area contributed by atoms with Crippen LogP contribution in [0.1, 0.15) is 34.6 Å². The number of carboxylic acid groups (broad SMARTS) is 1. The van der Waals surface area contributed by atoms with E-state index in [0.29, 0.717) is 64.0 Å². The Morgan fingerprint density at radius 2 is 1.90 bits per heavy atom. The van der Waals surface area contributed by atoms with Crippen molar-refractivity contribution in [1.29, 1.82) is 0 Å². The van der Waals surface area contributed by atoms with Crippen LogP contribution in [0, 0.1) is 18.2 Å². The Balaban J connectivity index is 1.31. The minimum Gasteiger partial charge on any atom is -0.487 e. The van der Waals surface area contributed by atoms with Gasteiger partial charge in [0.25, 0.3) is 0 Å². The lowest BCUT2D eigenvalue weighted by molar-refractivity contribution is -0.145. The summed E-state index contributed by atoms with van der Waals surface area (Å²) < 4.78 is 26.9. The molecule has 0 saturated carbocycles. The van der Waals surface area contributed by atoms with Gasteiger partial charge in [-0.1, -0.05) is 60.0 Å². The van der Waals surface area contributed by atoms with Crippen LogP contribution in [0.25, 0.3) is 20.7 Å². The first-order chi connectivity index (χ1) is 29.2. The number of rotatable bonds is 11. The summed E-state index contributed by atoms with van der Waals surface area (Å²) in [6.07, 6.45) is 15.2. The zero-order chi connectivity index (χ0) is 42.0. The molecule has 1 atom stereocenters. The Hall–Kier alpha value is -5.49. The summed E-state index contributed by atoms with van der Waals surface area (Å²) in [5.41, 5.74) is 4.65. The second kappa shape index (κ2) is 20.2. The number of hydrogen-bond acceptors (Lipinski definition) is 11.